The van der Waals surface area contributed by atoms with Crippen molar-refractivity contribution in [2.45, 2.75) is 6.55 Å². The molecule has 2 saturated heterocycles. The second-order valence-electron chi connectivity index (χ2n) is 3.87. The molecule has 0 radical (unpaired) electrons. The Morgan fingerprint density at radius 3 is 2.09 bits per heavy atom. The standard InChI is InChI=1S/C6H14ClNO2Si/c1-8-3-5-9-11(8,2,7)10-6-4-8/h3-6H2,1-2H3. The van der Waals surface area contributed by atoms with Crippen LogP contribution in [0, 0.1) is 0 Å². The average Bonchev–Trinajstić information content (AvgIpc) is 2.16. The number of hydrogen-bond acceptors (Lipinski definition) is 2. The van der Waals surface area contributed by atoms with Gasteiger partial charge in [0.25, 0.3) is 0 Å². The van der Waals surface area contributed by atoms with Gasteiger partial charge in [0, 0.05) is 0 Å². The first-order valence-corrected chi connectivity index (χ1v) is 7.75. The van der Waals surface area contributed by atoms with Crippen molar-refractivity contribution in [3.63, 3.8) is 0 Å². The Morgan fingerprint density at radius 1 is 1.27 bits per heavy atom. The molecule has 2 aliphatic heterocycles. The Morgan fingerprint density at radius 2 is 1.73 bits per heavy atom. The van der Waals surface area contributed by atoms with E-state index in [1.165, 1.54) is 0 Å². The Balaban J connectivity index is 2.45. The van der Waals surface area contributed by atoms with E-state index in [9.17, 15) is 0 Å². The summed E-state index contributed by atoms with van der Waals surface area (Å²) in [6.45, 7) is 5.50. The number of rotatable bonds is 0. The van der Waals surface area contributed by atoms with Gasteiger partial charge in [-0.05, 0) is 0 Å². The zero-order chi connectivity index (χ0) is 8.19. The molecule has 0 amide bonds. The summed E-state index contributed by atoms with van der Waals surface area (Å²) in [5.41, 5.74) is 0. The molecule has 0 aromatic rings. The Kier molecular flexibility index (Phi) is 1.33. The third kappa shape index (κ3) is 0.791. The minimum atomic E-state index is -2.98. The SMILES string of the molecule is C[N+]12CCO[Si-]1(C)(Cl)OCC2. The van der Waals surface area contributed by atoms with Crippen molar-refractivity contribution in [2.75, 3.05) is 33.4 Å². The van der Waals surface area contributed by atoms with Crippen molar-refractivity contribution >= 4 is 18.4 Å². The molecule has 0 aromatic carbocycles. The zero-order valence-electron chi connectivity index (χ0n) is 6.97. The average molecular weight is 196 g/mol. The van der Waals surface area contributed by atoms with Gasteiger partial charge in [0.05, 0.1) is 0 Å². The number of fused-ring (bicyclic) bond motifs is 1. The third-order valence-corrected chi connectivity index (χ3v) is 9.60. The van der Waals surface area contributed by atoms with E-state index in [-0.39, 0.29) is 0 Å². The van der Waals surface area contributed by atoms with Gasteiger partial charge >= 0.3 is 71.3 Å². The molecule has 0 aliphatic carbocycles. The molecule has 0 unspecified atom stereocenters. The molecule has 11 heavy (non-hydrogen) atoms. The van der Waals surface area contributed by atoms with E-state index in [1.807, 2.05) is 6.55 Å². The van der Waals surface area contributed by atoms with Crippen LogP contribution in [-0.2, 0) is 8.85 Å². The van der Waals surface area contributed by atoms with Gasteiger partial charge in [0.2, 0.25) is 0 Å². The number of halogens is 1. The van der Waals surface area contributed by atoms with Gasteiger partial charge in [-0.3, -0.25) is 0 Å². The summed E-state index contributed by atoms with van der Waals surface area (Å²) in [7, 11) is -0.843. The van der Waals surface area contributed by atoms with Crippen molar-refractivity contribution in [3.8, 4) is 0 Å². The fourth-order valence-electron chi connectivity index (χ4n) is 1.91. The summed E-state index contributed by atoms with van der Waals surface area (Å²) in [5.74, 6) is 0. The Labute approximate surface area is 71.9 Å². The van der Waals surface area contributed by atoms with Crippen LogP contribution in [0.15, 0.2) is 0 Å². The molecule has 66 valence electrons. The molecule has 2 aliphatic rings. The number of quaternary nitrogens is 1. The number of nitrogens with zero attached hydrogens (tertiary/aromatic N) is 1. The molecule has 0 atom stereocenters. The van der Waals surface area contributed by atoms with Crippen LogP contribution >= 0.6 is 11.1 Å². The fraction of sp³-hybridized carbons (Fsp3) is 1.00. The van der Waals surface area contributed by atoms with Crippen LogP contribution < -0.4 is 0 Å². The third-order valence-electron chi connectivity index (χ3n) is 3.20. The maximum atomic E-state index is 6.45. The van der Waals surface area contributed by atoms with Gasteiger partial charge < -0.3 is 0 Å². The van der Waals surface area contributed by atoms with Crippen LogP contribution in [-0.4, -0.2) is 44.8 Å². The summed E-state index contributed by atoms with van der Waals surface area (Å²) < 4.78 is 12.1. The van der Waals surface area contributed by atoms with Crippen molar-refractivity contribution in [2.24, 2.45) is 0 Å². The first-order chi connectivity index (χ1) is 4.96. The molecule has 2 fully saturated rings. The summed E-state index contributed by atoms with van der Waals surface area (Å²) in [6.07, 6.45) is 0. The summed E-state index contributed by atoms with van der Waals surface area (Å²) in [4.78, 5) is 0. The molecule has 0 N–H and O–H groups in total. The van der Waals surface area contributed by atoms with Gasteiger partial charge in [-0.2, -0.15) is 0 Å². The van der Waals surface area contributed by atoms with Crippen molar-refractivity contribution < 1.29 is 13.0 Å². The predicted octanol–water partition coefficient (Wildman–Crippen LogP) is 0.752. The maximum absolute atomic E-state index is 6.45. The second kappa shape index (κ2) is 1.83. The van der Waals surface area contributed by atoms with E-state index >= 15 is 0 Å². The van der Waals surface area contributed by atoms with Crippen LogP contribution in [0.2, 0.25) is 6.55 Å². The van der Waals surface area contributed by atoms with E-state index in [0.29, 0.717) is 0 Å². The van der Waals surface area contributed by atoms with Gasteiger partial charge in [-0.25, -0.2) is 0 Å². The van der Waals surface area contributed by atoms with Gasteiger partial charge in [0.1, 0.15) is 0 Å². The quantitative estimate of drug-likeness (QED) is 0.420. The first kappa shape index (κ1) is 8.01. The predicted molar refractivity (Wildman–Crippen MR) is 45.3 cm³/mol. The van der Waals surface area contributed by atoms with Gasteiger partial charge in [-0.15, -0.1) is 0 Å². The van der Waals surface area contributed by atoms with E-state index in [1.54, 1.807) is 0 Å². The summed E-state index contributed by atoms with van der Waals surface area (Å²) in [6, 6.07) is 0. The molecule has 2 rings (SSSR count). The molecule has 0 saturated carbocycles. The first-order valence-electron chi connectivity index (χ1n) is 3.98. The molecular formula is C6H14ClNO2Si. The van der Waals surface area contributed by atoms with Gasteiger partial charge in [0.15, 0.2) is 0 Å². The van der Waals surface area contributed by atoms with Crippen LogP contribution in [0.25, 0.3) is 0 Å². The molecule has 0 aromatic heterocycles. The molecule has 5 heteroatoms. The van der Waals surface area contributed by atoms with E-state index in [4.69, 9.17) is 19.9 Å². The zero-order valence-corrected chi connectivity index (χ0v) is 8.73. The molecule has 0 bridgehead atoms. The monoisotopic (exact) mass is 195 g/mol. The van der Waals surface area contributed by atoms with Crippen molar-refractivity contribution in [1.29, 1.82) is 0 Å². The second-order valence-corrected chi connectivity index (χ2v) is 10.7. The van der Waals surface area contributed by atoms with Crippen molar-refractivity contribution in [3.05, 3.63) is 0 Å². The van der Waals surface area contributed by atoms with E-state index in [0.717, 1.165) is 30.5 Å². The van der Waals surface area contributed by atoms with Crippen LogP contribution in [0.5, 0.6) is 0 Å². The van der Waals surface area contributed by atoms with E-state index in [2.05, 4.69) is 7.05 Å². The molecule has 0 spiro atoms. The Hall–Kier alpha value is 0.387. The molecule has 2 heterocycles. The van der Waals surface area contributed by atoms with Crippen LogP contribution in [0.3, 0.4) is 0 Å². The summed E-state index contributed by atoms with van der Waals surface area (Å²) in [5, 5.41) is 0. The van der Waals surface area contributed by atoms with Crippen LogP contribution in [0.4, 0.5) is 0 Å². The van der Waals surface area contributed by atoms with Crippen molar-refractivity contribution in [1.82, 2.24) is 0 Å². The van der Waals surface area contributed by atoms with Crippen LogP contribution in [0.1, 0.15) is 0 Å². The number of hydrogen-bond donors (Lipinski definition) is 0. The van der Waals surface area contributed by atoms with Gasteiger partial charge in [-0.1, -0.05) is 0 Å². The fourth-order valence-corrected chi connectivity index (χ4v) is 5.84. The summed E-state index contributed by atoms with van der Waals surface area (Å²) >= 11 is 6.45. The number of likely N-dealkylation sites (N-methyl/N-ethyl adjacent to an activating group) is 1. The normalized spacial score (nSPS) is 49.5. The minimum absolute atomic E-state index is 0.754. The Bertz CT molecular complexity index is 195. The molecule has 3 nitrogen and oxygen atoms in total. The topological polar surface area (TPSA) is 18.5 Å². The molecular weight excluding hydrogens is 182 g/mol. The van der Waals surface area contributed by atoms with E-state index < -0.39 is 7.31 Å².